The molecule has 0 spiro atoms. The van der Waals surface area contributed by atoms with Crippen LogP contribution in [-0.4, -0.2) is 21.6 Å². The average Bonchev–Trinajstić information content (AvgIpc) is 3.04. The van der Waals surface area contributed by atoms with Gasteiger partial charge in [0.15, 0.2) is 5.82 Å². The Morgan fingerprint density at radius 2 is 1.81 bits per heavy atom. The van der Waals surface area contributed by atoms with Gasteiger partial charge in [0.2, 0.25) is 0 Å². The van der Waals surface area contributed by atoms with Crippen LogP contribution in [0, 0.1) is 6.92 Å². The fourth-order valence-corrected chi connectivity index (χ4v) is 2.83. The van der Waals surface area contributed by atoms with Crippen molar-refractivity contribution >= 4 is 17.2 Å². The second kappa shape index (κ2) is 6.92. The molecule has 27 heavy (non-hydrogen) atoms. The van der Waals surface area contributed by atoms with Crippen molar-refractivity contribution < 1.29 is 9.84 Å². The van der Waals surface area contributed by atoms with Crippen molar-refractivity contribution in [1.82, 2.24) is 9.38 Å². The number of phenols is 1. The maximum absolute atomic E-state index is 9.62. The zero-order valence-electron chi connectivity index (χ0n) is 15.0. The topological polar surface area (TPSA) is 71.5 Å². The van der Waals surface area contributed by atoms with E-state index >= 15 is 0 Å². The van der Waals surface area contributed by atoms with Crippen molar-refractivity contribution in [1.29, 1.82) is 0 Å². The largest absolute Gasteiger partial charge is 0.508 e. The number of hydrogen-bond donors (Lipinski definition) is 1. The van der Waals surface area contributed by atoms with Crippen molar-refractivity contribution in [2.75, 3.05) is 7.11 Å². The summed E-state index contributed by atoms with van der Waals surface area (Å²) in [5.74, 6) is 1.55. The molecule has 0 atom stereocenters. The molecule has 0 aliphatic rings. The van der Waals surface area contributed by atoms with E-state index in [2.05, 4.69) is 10.2 Å². The smallest absolute Gasteiger partial charge is 0.187 e. The number of aryl methyl sites for hydroxylation is 1. The molecular weight excluding hydrogens is 340 g/mol. The lowest BCUT2D eigenvalue weighted by molar-refractivity contribution is 0.415. The monoisotopic (exact) mass is 358 g/mol. The summed E-state index contributed by atoms with van der Waals surface area (Å²) in [4.78, 5) is 4.75. The van der Waals surface area contributed by atoms with Gasteiger partial charge in [0.25, 0.3) is 0 Å². The number of rotatable bonds is 4. The number of imidazole rings is 1. The third kappa shape index (κ3) is 3.37. The molecule has 0 aliphatic heterocycles. The number of fused-ring (bicyclic) bond motifs is 1. The van der Waals surface area contributed by atoms with Gasteiger partial charge in [0.1, 0.15) is 22.8 Å². The first-order valence-electron chi connectivity index (χ1n) is 8.48. The van der Waals surface area contributed by atoms with Gasteiger partial charge in [-0.1, -0.05) is 6.07 Å². The van der Waals surface area contributed by atoms with Crippen molar-refractivity contribution in [3.05, 3.63) is 72.4 Å². The average molecular weight is 358 g/mol. The van der Waals surface area contributed by atoms with Gasteiger partial charge in [-0.05, 0) is 61.0 Å². The Labute approximate surface area is 156 Å². The highest BCUT2D eigenvalue weighted by Gasteiger charge is 2.14. The maximum Gasteiger partial charge on any atom is 0.187 e. The molecule has 6 heteroatoms. The molecule has 4 aromatic rings. The summed E-state index contributed by atoms with van der Waals surface area (Å²) in [5, 5.41) is 18.3. The number of methoxy groups -OCH3 is 1. The van der Waals surface area contributed by atoms with Crippen molar-refractivity contribution in [3.8, 4) is 22.8 Å². The van der Waals surface area contributed by atoms with Crippen LogP contribution in [0.25, 0.3) is 16.9 Å². The fraction of sp³-hybridized carbons (Fsp3) is 0.0952. The predicted octanol–water partition coefficient (Wildman–Crippen LogP) is 5.44. The quantitative estimate of drug-likeness (QED) is 0.494. The van der Waals surface area contributed by atoms with E-state index < -0.39 is 0 Å². The molecule has 2 aromatic carbocycles. The molecule has 0 bridgehead atoms. The summed E-state index contributed by atoms with van der Waals surface area (Å²) in [7, 11) is 1.64. The van der Waals surface area contributed by atoms with Gasteiger partial charge in [0, 0.05) is 17.8 Å². The van der Waals surface area contributed by atoms with Gasteiger partial charge in [0.05, 0.1) is 12.8 Å². The lowest BCUT2D eigenvalue weighted by Crippen LogP contribution is -1.84. The van der Waals surface area contributed by atoms with Crippen LogP contribution < -0.4 is 4.74 Å². The lowest BCUT2D eigenvalue weighted by atomic mass is 10.1. The minimum absolute atomic E-state index is 0.149. The Morgan fingerprint density at radius 1 is 1.00 bits per heavy atom. The Balaban J connectivity index is 1.85. The molecule has 4 rings (SSSR count). The highest BCUT2D eigenvalue weighted by molar-refractivity contribution is 5.75. The van der Waals surface area contributed by atoms with Crippen LogP contribution in [-0.2, 0) is 0 Å². The summed E-state index contributed by atoms with van der Waals surface area (Å²) in [5.41, 5.74) is 4.13. The minimum Gasteiger partial charge on any atom is -0.508 e. The molecular formula is C21H18N4O2. The van der Waals surface area contributed by atoms with Crippen LogP contribution in [0.15, 0.2) is 77.1 Å². The molecule has 2 aromatic heterocycles. The SMILES string of the molecule is COc1ccc(-c2nc3cc(C)ccn3c2N=Nc2cccc(O)c2)cc1. The molecule has 0 aliphatic carbocycles. The molecule has 0 radical (unpaired) electrons. The highest BCUT2D eigenvalue weighted by Crippen LogP contribution is 2.33. The van der Waals surface area contributed by atoms with Crippen molar-refractivity contribution in [3.63, 3.8) is 0 Å². The van der Waals surface area contributed by atoms with E-state index in [9.17, 15) is 5.11 Å². The van der Waals surface area contributed by atoms with Gasteiger partial charge in [-0.2, -0.15) is 0 Å². The lowest BCUT2D eigenvalue weighted by Gasteiger charge is -2.02. The van der Waals surface area contributed by atoms with Crippen molar-refractivity contribution in [2.45, 2.75) is 6.92 Å². The van der Waals surface area contributed by atoms with Gasteiger partial charge >= 0.3 is 0 Å². The summed E-state index contributed by atoms with van der Waals surface area (Å²) in [6.07, 6.45) is 1.93. The molecule has 0 fully saturated rings. The number of phenolic OH excluding ortho intramolecular Hbond substituents is 1. The number of pyridine rings is 1. The Hall–Kier alpha value is -3.67. The second-order valence-electron chi connectivity index (χ2n) is 6.16. The standard InChI is InChI=1S/C21H18N4O2/c1-14-10-11-25-19(12-14)22-20(15-6-8-18(27-2)9-7-15)21(25)24-23-16-4-3-5-17(26)13-16/h3-13,26H,1-2H3. The van der Waals surface area contributed by atoms with Gasteiger partial charge < -0.3 is 9.84 Å². The third-order valence-corrected chi connectivity index (χ3v) is 4.21. The van der Waals surface area contributed by atoms with Gasteiger partial charge in [-0.15, -0.1) is 10.2 Å². The molecule has 2 heterocycles. The molecule has 134 valence electrons. The normalized spacial score (nSPS) is 11.3. The first-order valence-corrected chi connectivity index (χ1v) is 8.48. The maximum atomic E-state index is 9.62. The number of benzene rings is 2. The van der Waals surface area contributed by atoms with Crippen LogP contribution in [0.4, 0.5) is 11.5 Å². The van der Waals surface area contributed by atoms with Gasteiger partial charge in [-0.25, -0.2) is 4.98 Å². The van der Waals surface area contributed by atoms with Crippen LogP contribution in [0.5, 0.6) is 11.5 Å². The van der Waals surface area contributed by atoms with Crippen LogP contribution in [0.1, 0.15) is 5.56 Å². The third-order valence-electron chi connectivity index (χ3n) is 4.21. The predicted molar refractivity (Wildman–Crippen MR) is 104 cm³/mol. The van der Waals surface area contributed by atoms with Crippen LogP contribution in [0.2, 0.25) is 0 Å². The Kier molecular flexibility index (Phi) is 4.30. The number of ether oxygens (including phenoxy) is 1. The number of aromatic hydroxyl groups is 1. The molecule has 0 saturated heterocycles. The van der Waals surface area contributed by atoms with E-state index in [0.717, 1.165) is 28.2 Å². The van der Waals surface area contributed by atoms with E-state index in [1.165, 1.54) is 0 Å². The fourth-order valence-electron chi connectivity index (χ4n) is 2.83. The summed E-state index contributed by atoms with van der Waals surface area (Å²) in [6.45, 7) is 2.02. The Bertz CT molecular complexity index is 1130. The summed E-state index contributed by atoms with van der Waals surface area (Å²) < 4.78 is 7.14. The molecule has 6 nitrogen and oxygen atoms in total. The first kappa shape index (κ1) is 16.8. The number of aromatic nitrogens is 2. The molecule has 1 N–H and O–H groups in total. The van der Waals surface area contributed by atoms with E-state index in [-0.39, 0.29) is 5.75 Å². The van der Waals surface area contributed by atoms with E-state index in [1.807, 2.05) is 53.9 Å². The van der Waals surface area contributed by atoms with Crippen molar-refractivity contribution in [2.24, 2.45) is 10.2 Å². The minimum atomic E-state index is 0.149. The first-order chi connectivity index (χ1) is 13.1. The zero-order valence-corrected chi connectivity index (χ0v) is 15.0. The molecule has 0 saturated carbocycles. The molecule has 0 amide bonds. The van der Waals surface area contributed by atoms with E-state index in [1.54, 1.807) is 31.4 Å². The second-order valence-corrected chi connectivity index (χ2v) is 6.16. The van der Waals surface area contributed by atoms with Crippen LogP contribution in [0.3, 0.4) is 0 Å². The number of azo groups is 1. The highest BCUT2D eigenvalue weighted by atomic mass is 16.5. The zero-order chi connectivity index (χ0) is 18.8. The van der Waals surface area contributed by atoms with Gasteiger partial charge in [-0.3, -0.25) is 4.40 Å². The number of hydrogen-bond acceptors (Lipinski definition) is 5. The molecule has 0 unspecified atom stereocenters. The van der Waals surface area contributed by atoms with Crippen LogP contribution >= 0.6 is 0 Å². The summed E-state index contributed by atoms with van der Waals surface area (Å²) >= 11 is 0. The van der Waals surface area contributed by atoms with E-state index in [4.69, 9.17) is 9.72 Å². The summed E-state index contributed by atoms with van der Waals surface area (Å²) in [6, 6.07) is 18.3. The van der Waals surface area contributed by atoms with E-state index in [0.29, 0.717) is 11.5 Å². The number of nitrogens with zero attached hydrogens (tertiary/aromatic N) is 4. The Morgan fingerprint density at radius 3 is 2.56 bits per heavy atom.